The molecule has 27 heavy (non-hydrogen) atoms. The maximum atomic E-state index is 11.6. The fourth-order valence-corrected chi connectivity index (χ4v) is 2.78. The van der Waals surface area contributed by atoms with Gasteiger partial charge in [-0.3, -0.25) is 4.79 Å². The largest absolute Gasteiger partial charge is 0.454 e. The lowest BCUT2D eigenvalue weighted by molar-refractivity contribution is 0.101. The van der Waals surface area contributed by atoms with Gasteiger partial charge in [0.1, 0.15) is 17.5 Å². The van der Waals surface area contributed by atoms with Crippen molar-refractivity contribution >= 4 is 28.8 Å². The van der Waals surface area contributed by atoms with Crippen LogP contribution >= 0.6 is 0 Å². The van der Waals surface area contributed by atoms with E-state index in [0.717, 1.165) is 17.1 Å². The number of carbonyl (C=O) groups is 1. The van der Waals surface area contributed by atoms with Crippen LogP contribution in [0.5, 0.6) is 11.5 Å². The standard InChI is InChI=1S/C20H18N4O3/c1-12(25)14-4-3-5-15(8-14)23-19-10-20(22-13(2)21-19)24-16-6-7-17-18(9-16)27-11-26-17/h3-10H,11H2,1-2H3,(H2,21,22,23,24). The van der Waals surface area contributed by atoms with E-state index >= 15 is 0 Å². The summed E-state index contributed by atoms with van der Waals surface area (Å²) in [6, 6.07) is 14.7. The smallest absolute Gasteiger partial charge is 0.231 e. The number of ketones is 1. The lowest BCUT2D eigenvalue weighted by Crippen LogP contribution is -2.02. The van der Waals surface area contributed by atoms with E-state index in [1.165, 1.54) is 0 Å². The number of hydrogen-bond acceptors (Lipinski definition) is 7. The minimum atomic E-state index is 0.0164. The van der Waals surface area contributed by atoms with Gasteiger partial charge in [-0.1, -0.05) is 12.1 Å². The Balaban J connectivity index is 1.56. The Hall–Kier alpha value is -3.61. The summed E-state index contributed by atoms with van der Waals surface area (Å²) in [4.78, 5) is 20.4. The zero-order chi connectivity index (χ0) is 18.8. The first kappa shape index (κ1) is 16.8. The predicted molar refractivity (Wildman–Crippen MR) is 102 cm³/mol. The third kappa shape index (κ3) is 3.82. The molecule has 2 heterocycles. The van der Waals surface area contributed by atoms with E-state index in [0.29, 0.717) is 28.8 Å². The van der Waals surface area contributed by atoms with Crippen LogP contribution in [0.25, 0.3) is 0 Å². The molecular formula is C20H18N4O3. The van der Waals surface area contributed by atoms with Crippen molar-refractivity contribution in [3.63, 3.8) is 0 Å². The molecule has 0 saturated heterocycles. The number of Topliss-reactive ketones (excluding diaryl/α,β-unsaturated/α-hetero) is 1. The van der Waals surface area contributed by atoms with Crippen LogP contribution in [-0.2, 0) is 0 Å². The molecule has 136 valence electrons. The molecule has 4 rings (SSSR count). The Morgan fingerprint density at radius 1 is 0.926 bits per heavy atom. The van der Waals surface area contributed by atoms with Crippen LogP contribution in [0.15, 0.2) is 48.5 Å². The minimum absolute atomic E-state index is 0.0164. The van der Waals surface area contributed by atoms with Crippen molar-refractivity contribution in [2.45, 2.75) is 13.8 Å². The SMILES string of the molecule is CC(=O)c1cccc(Nc2cc(Nc3ccc4c(c3)OCO4)nc(C)n2)c1. The van der Waals surface area contributed by atoms with Gasteiger partial charge in [0.2, 0.25) is 6.79 Å². The first-order valence-electron chi connectivity index (χ1n) is 8.47. The molecule has 2 aromatic carbocycles. The molecule has 7 nitrogen and oxygen atoms in total. The monoisotopic (exact) mass is 362 g/mol. The molecule has 0 unspecified atom stereocenters. The van der Waals surface area contributed by atoms with Crippen molar-refractivity contribution in [1.82, 2.24) is 9.97 Å². The summed E-state index contributed by atoms with van der Waals surface area (Å²) >= 11 is 0. The van der Waals surface area contributed by atoms with Crippen LogP contribution in [0.1, 0.15) is 23.1 Å². The number of anilines is 4. The normalized spacial score (nSPS) is 11.9. The third-order valence-electron chi connectivity index (χ3n) is 4.02. The van der Waals surface area contributed by atoms with Crippen LogP contribution in [0.4, 0.5) is 23.0 Å². The molecule has 0 radical (unpaired) electrons. The van der Waals surface area contributed by atoms with E-state index < -0.39 is 0 Å². The van der Waals surface area contributed by atoms with Crippen molar-refractivity contribution in [1.29, 1.82) is 0 Å². The quantitative estimate of drug-likeness (QED) is 0.658. The van der Waals surface area contributed by atoms with Crippen LogP contribution < -0.4 is 20.1 Å². The van der Waals surface area contributed by atoms with Gasteiger partial charge in [0.05, 0.1) is 0 Å². The minimum Gasteiger partial charge on any atom is -0.454 e. The third-order valence-corrected chi connectivity index (χ3v) is 4.02. The summed E-state index contributed by atoms with van der Waals surface area (Å²) < 4.78 is 10.7. The number of rotatable bonds is 5. The fourth-order valence-electron chi connectivity index (χ4n) is 2.78. The number of ether oxygens (including phenoxy) is 2. The summed E-state index contributed by atoms with van der Waals surface area (Å²) in [5, 5.41) is 6.47. The Labute approximate surface area is 156 Å². The Bertz CT molecular complexity index is 1020. The second kappa shape index (κ2) is 6.95. The average molecular weight is 362 g/mol. The van der Waals surface area contributed by atoms with Gasteiger partial charge in [-0.2, -0.15) is 0 Å². The number of carbonyl (C=O) groups excluding carboxylic acids is 1. The van der Waals surface area contributed by atoms with Crippen LogP contribution in [0, 0.1) is 6.92 Å². The summed E-state index contributed by atoms with van der Waals surface area (Å²) in [5.41, 5.74) is 2.26. The van der Waals surface area contributed by atoms with Crippen molar-refractivity contribution in [2.24, 2.45) is 0 Å². The van der Waals surface area contributed by atoms with E-state index in [2.05, 4.69) is 20.6 Å². The van der Waals surface area contributed by atoms with E-state index in [1.54, 1.807) is 25.1 Å². The van der Waals surface area contributed by atoms with Gasteiger partial charge >= 0.3 is 0 Å². The number of fused-ring (bicyclic) bond motifs is 1. The van der Waals surface area contributed by atoms with Crippen molar-refractivity contribution < 1.29 is 14.3 Å². The number of nitrogens with zero attached hydrogens (tertiary/aromatic N) is 2. The molecule has 0 saturated carbocycles. The van der Waals surface area contributed by atoms with Crippen molar-refractivity contribution in [2.75, 3.05) is 17.4 Å². The zero-order valence-corrected chi connectivity index (χ0v) is 14.9. The van der Waals surface area contributed by atoms with E-state index in [4.69, 9.17) is 9.47 Å². The molecule has 7 heteroatoms. The average Bonchev–Trinajstić information content (AvgIpc) is 3.09. The summed E-state index contributed by atoms with van der Waals surface area (Å²) in [6.07, 6.45) is 0. The maximum absolute atomic E-state index is 11.6. The highest BCUT2D eigenvalue weighted by Crippen LogP contribution is 2.35. The highest BCUT2D eigenvalue weighted by Gasteiger charge is 2.13. The highest BCUT2D eigenvalue weighted by atomic mass is 16.7. The van der Waals surface area contributed by atoms with Gasteiger partial charge in [0, 0.05) is 29.1 Å². The molecule has 0 spiro atoms. The number of nitrogens with one attached hydrogen (secondary N) is 2. The van der Waals surface area contributed by atoms with Gasteiger partial charge in [-0.05, 0) is 38.1 Å². The van der Waals surface area contributed by atoms with Crippen molar-refractivity contribution in [3.05, 3.63) is 59.9 Å². The predicted octanol–water partition coefficient (Wildman–Crippen LogP) is 4.20. The molecular weight excluding hydrogens is 344 g/mol. The molecule has 1 aliphatic rings. The van der Waals surface area contributed by atoms with Gasteiger partial charge < -0.3 is 20.1 Å². The van der Waals surface area contributed by atoms with E-state index in [-0.39, 0.29) is 12.6 Å². The number of aromatic nitrogens is 2. The van der Waals surface area contributed by atoms with Gasteiger partial charge in [-0.15, -0.1) is 0 Å². The molecule has 2 N–H and O–H groups in total. The van der Waals surface area contributed by atoms with E-state index in [1.807, 2.05) is 37.3 Å². The van der Waals surface area contributed by atoms with Crippen LogP contribution in [-0.4, -0.2) is 22.5 Å². The second-order valence-corrected chi connectivity index (χ2v) is 6.14. The zero-order valence-electron chi connectivity index (χ0n) is 14.9. The molecule has 0 amide bonds. The maximum Gasteiger partial charge on any atom is 0.231 e. The molecule has 0 fully saturated rings. The highest BCUT2D eigenvalue weighted by molar-refractivity contribution is 5.95. The van der Waals surface area contributed by atoms with Gasteiger partial charge in [-0.25, -0.2) is 9.97 Å². The van der Waals surface area contributed by atoms with E-state index in [9.17, 15) is 4.79 Å². The van der Waals surface area contributed by atoms with Crippen molar-refractivity contribution in [3.8, 4) is 11.5 Å². The summed E-state index contributed by atoms with van der Waals surface area (Å²) in [7, 11) is 0. The lowest BCUT2D eigenvalue weighted by atomic mass is 10.1. The molecule has 3 aromatic rings. The Kier molecular flexibility index (Phi) is 4.33. The van der Waals surface area contributed by atoms with Gasteiger partial charge in [0.25, 0.3) is 0 Å². The van der Waals surface area contributed by atoms with Crippen LogP contribution in [0.3, 0.4) is 0 Å². The Morgan fingerprint density at radius 3 is 2.37 bits per heavy atom. The topological polar surface area (TPSA) is 85.4 Å². The van der Waals surface area contributed by atoms with Gasteiger partial charge in [0.15, 0.2) is 17.3 Å². The number of aryl methyl sites for hydroxylation is 1. The first-order chi connectivity index (χ1) is 13.1. The lowest BCUT2D eigenvalue weighted by Gasteiger charge is -2.11. The second-order valence-electron chi connectivity index (χ2n) is 6.14. The fraction of sp³-hybridized carbons (Fsp3) is 0.150. The molecule has 0 bridgehead atoms. The summed E-state index contributed by atoms with van der Waals surface area (Å²) in [5.74, 6) is 3.34. The van der Waals surface area contributed by atoms with Crippen LogP contribution in [0.2, 0.25) is 0 Å². The molecule has 1 aliphatic heterocycles. The molecule has 1 aromatic heterocycles. The number of hydrogen-bond donors (Lipinski definition) is 2. The Morgan fingerprint density at radius 2 is 1.63 bits per heavy atom. The number of benzene rings is 2. The molecule has 0 atom stereocenters. The first-order valence-corrected chi connectivity index (χ1v) is 8.47. The molecule has 0 aliphatic carbocycles. The summed E-state index contributed by atoms with van der Waals surface area (Å²) in [6.45, 7) is 3.60.